The lowest BCUT2D eigenvalue weighted by atomic mass is 10.1. The van der Waals surface area contributed by atoms with Crippen molar-refractivity contribution in [2.45, 2.75) is 61.9 Å². The fourth-order valence-electron chi connectivity index (χ4n) is 4.66. The number of aliphatic carboxylic acids is 4. The third-order valence-corrected chi connectivity index (χ3v) is 13.0. The van der Waals surface area contributed by atoms with Crippen LogP contribution in [-0.4, -0.2) is 178 Å². The Labute approximate surface area is 391 Å². The Hall–Kier alpha value is -5.82. The van der Waals surface area contributed by atoms with Gasteiger partial charge in [0.25, 0.3) is 11.8 Å². The van der Waals surface area contributed by atoms with Crippen molar-refractivity contribution < 1.29 is 87.4 Å². The molecule has 6 unspecified atom stereocenters. The summed E-state index contributed by atoms with van der Waals surface area (Å²) in [6, 6.07) is -2.72. The van der Waals surface area contributed by atoms with E-state index in [-0.39, 0.29) is 59.8 Å². The molecular weight excluding hydrogens is 961 g/mol. The van der Waals surface area contributed by atoms with E-state index in [1.807, 2.05) is 0 Å². The Kier molecular flexibility index (Phi) is 27.5. The minimum absolute atomic E-state index is 0.103. The van der Waals surface area contributed by atoms with Gasteiger partial charge in [0.2, 0.25) is 23.6 Å². The Balaban J connectivity index is 2.98. The summed E-state index contributed by atoms with van der Waals surface area (Å²) >= 11 is 0. The Morgan fingerprint density at radius 2 is 0.879 bits per heavy atom. The molecule has 0 saturated heterocycles. The number of esters is 2. The predicted molar refractivity (Wildman–Crippen MR) is 238 cm³/mol. The molecule has 0 bridgehead atoms. The number of ether oxygens (including phenoxy) is 2. The first kappa shape index (κ1) is 58.2. The van der Waals surface area contributed by atoms with Gasteiger partial charge in [-0.2, -0.15) is 0 Å². The third-order valence-electron chi connectivity index (χ3n) is 8.20. The predicted octanol–water partition coefficient (Wildman–Crippen LogP) is -3.25. The van der Waals surface area contributed by atoms with Gasteiger partial charge in [0.05, 0.1) is 14.2 Å². The van der Waals surface area contributed by atoms with Crippen molar-refractivity contribution in [2.24, 2.45) is 11.5 Å². The summed E-state index contributed by atoms with van der Waals surface area (Å²) in [7, 11) is 5.96. The summed E-state index contributed by atoms with van der Waals surface area (Å²) in [6.07, 6.45) is -1.22. The topological polar surface area (TPSA) is 428 Å². The number of nitrogens with one attached hydrogen (secondary N) is 6. The quantitative estimate of drug-likeness (QED) is 0.0192. The van der Waals surface area contributed by atoms with Gasteiger partial charge >= 0.3 is 35.8 Å². The average Bonchev–Trinajstić information content (AvgIpc) is 3.28. The van der Waals surface area contributed by atoms with Crippen molar-refractivity contribution in [1.29, 1.82) is 0 Å². The van der Waals surface area contributed by atoms with Gasteiger partial charge in [-0.05, 0) is 31.0 Å². The van der Waals surface area contributed by atoms with Crippen molar-refractivity contribution in [3.63, 3.8) is 0 Å². The molecule has 66 heavy (non-hydrogen) atoms. The van der Waals surface area contributed by atoms with Crippen LogP contribution in [0.5, 0.6) is 0 Å². The molecule has 1 aromatic rings. The third kappa shape index (κ3) is 23.4. The van der Waals surface area contributed by atoms with Crippen molar-refractivity contribution >= 4 is 114 Å². The van der Waals surface area contributed by atoms with Gasteiger partial charge in [-0.25, -0.2) is 9.59 Å². The minimum Gasteiger partial charge on any atom is -0.480 e. The molecule has 1 rings (SSSR count). The first-order valence-electron chi connectivity index (χ1n) is 19.0. The smallest absolute Gasteiger partial charge is 0.329 e. The van der Waals surface area contributed by atoms with E-state index < -0.39 is 121 Å². The lowest BCUT2D eigenvalue weighted by Crippen LogP contribution is -2.49. The second-order valence-corrected chi connectivity index (χ2v) is 18.4. The molecule has 366 valence electrons. The van der Waals surface area contributed by atoms with Gasteiger partial charge in [-0.3, -0.25) is 47.9 Å². The lowest BCUT2D eigenvalue weighted by molar-refractivity contribution is -0.143. The van der Waals surface area contributed by atoms with E-state index in [2.05, 4.69) is 31.9 Å². The first-order valence-corrected chi connectivity index (χ1v) is 24.0. The van der Waals surface area contributed by atoms with E-state index in [0.29, 0.717) is 0 Å². The monoisotopic (exact) mass is 1010 g/mol. The van der Waals surface area contributed by atoms with Crippen LogP contribution < -0.4 is 43.4 Å². The van der Waals surface area contributed by atoms with Crippen LogP contribution in [0.15, 0.2) is 24.3 Å². The molecule has 0 aliphatic carbocycles. The van der Waals surface area contributed by atoms with Crippen molar-refractivity contribution in [2.75, 3.05) is 50.3 Å². The van der Waals surface area contributed by atoms with E-state index in [1.165, 1.54) is 18.2 Å². The maximum Gasteiger partial charge on any atom is 0.329 e. The number of carboxylic acid groups (broad SMARTS) is 4. The molecule has 14 N–H and O–H groups in total. The summed E-state index contributed by atoms with van der Waals surface area (Å²) in [5.41, 5.74) is 10.6. The summed E-state index contributed by atoms with van der Waals surface area (Å²) in [6.45, 7) is -1.53. The van der Waals surface area contributed by atoms with E-state index >= 15 is 0 Å². The summed E-state index contributed by atoms with van der Waals surface area (Å²) in [4.78, 5) is 146. The second-order valence-electron chi connectivity index (χ2n) is 13.2. The Bertz CT molecular complexity index is 1800. The maximum absolute atomic E-state index is 13.3. The fraction of sp³-hybridized carbons (Fsp3) is 0.500. The maximum atomic E-state index is 13.3. The number of hydrogen-bond acceptors (Lipinski definition) is 20. The number of carboxylic acids is 4. The molecule has 6 amide bonds. The number of carbonyl (C=O) groups excluding carboxylic acids is 8. The molecule has 0 radical (unpaired) electrons. The zero-order valence-corrected chi connectivity index (χ0v) is 38.4. The van der Waals surface area contributed by atoms with Crippen LogP contribution in [0.2, 0.25) is 0 Å². The number of hydrogen-bond donors (Lipinski definition) is 12. The number of benzene rings is 1. The zero-order chi connectivity index (χ0) is 49.9. The largest absolute Gasteiger partial charge is 0.480 e. The average molecular weight is 1010 g/mol. The number of amides is 6. The van der Waals surface area contributed by atoms with Gasteiger partial charge in [0, 0.05) is 47.0 Å². The summed E-state index contributed by atoms with van der Waals surface area (Å²) in [5.74, 6) is -12.7. The van der Waals surface area contributed by atoms with Crippen LogP contribution in [0, 0.1) is 0 Å². The van der Waals surface area contributed by atoms with Gasteiger partial charge in [-0.15, -0.1) is 0 Å². The molecule has 0 fully saturated rings. The van der Waals surface area contributed by atoms with Crippen LogP contribution in [0.3, 0.4) is 0 Å². The standard InChI is InChI=1S/C36H50N8O18S4/c1-61-35(59)23(15-65-63-13-21(31(53)39-11-27(47)48)41-25(45)8-6-19(37)33(55)56)43-29(51)17-4-3-5-18(10-17)30(52)44-24(36(60)62-2)16-66-64-14-22(32(54)40-12-28(49)50)42-26(46)9-7-20(38)34(57)58/h3-5,10,19-24H,6-9,11-16,37-38H2,1-2H3,(H,39,53)(H,40,54)(H,41,45)(H,42,46)(H,43,51)(H,44,52)(H,47,48)(H,49,50)(H,55,56)(H,57,58). The van der Waals surface area contributed by atoms with Crippen molar-refractivity contribution in [1.82, 2.24) is 31.9 Å². The zero-order valence-electron chi connectivity index (χ0n) is 35.1. The van der Waals surface area contributed by atoms with Crippen LogP contribution >= 0.6 is 43.2 Å². The highest BCUT2D eigenvalue weighted by Gasteiger charge is 2.28. The first-order chi connectivity index (χ1) is 31.1. The normalized spacial score (nSPS) is 13.4. The van der Waals surface area contributed by atoms with Gasteiger partial charge in [0.15, 0.2) is 0 Å². The summed E-state index contributed by atoms with van der Waals surface area (Å²) < 4.78 is 9.60. The van der Waals surface area contributed by atoms with E-state index in [9.17, 15) is 57.5 Å². The molecule has 0 aliphatic heterocycles. The highest BCUT2D eigenvalue weighted by molar-refractivity contribution is 8.77. The van der Waals surface area contributed by atoms with Crippen LogP contribution in [0.1, 0.15) is 46.4 Å². The number of nitrogens with two attached hydrogens (primary N) is 2. The minimum atomic E-state index is -1.36. The molecule has 30 heteroatoms. The van der Waals surface area contributed by atoms with Crippen LogP contribution in [0.4, 0.5) is 0 Å². The Morgan fingerprint density at radius 3 is 1.18 bits per heavy atom. The number of carbonyl (C=O) groups is 12. The lowest BCUT2D eigenvalue weighted by Gasteiger charge is -2.20. The molecular formula is C36H50N8O18S4. The van der Waals surface area contributed by atoms with E-state index in [1.54, 1.807) is 0 Å². The van der Waals surface area contributed by atoms with Gasteiger partial charge in [-0.1, -0.05) is 49.2 Å². The molecule has 0 aliphatic rings. The highest BCUT2D eigenvalue weighted by Crippen LogP contribution is 2.25. The molecule has 0 spiro atoms. The molecule has 0 aromatic heterocycles. The van der Waals surface area contributed by atoms with E-state index in [4.69, 9.17) is 41.4 Å². The van der Waals surface area contributed by atoms with Crippen molar-refractivity contribution in [3.8, 4) is 0 Å². The van der Waals surface area contributed by atoms with Crippen LogP contribution in [-0.2, 0) is 57.4 Å². The fourth-order valence-corrected chi connectivity index (χ4v) is 9.29. The summed E-state index contributed by atoms with van der Waals surface area (Å²) in [5, 5.41) is 49.7. The number of methoxy groups -OCH3 is 2. The molecule has 6 atom stereocenters. The highest BCUT2D eigenvalue weighted by atomic mass is 33.1. The molecule has 1 aromatic carbocycles. The molecule has 0 saturated carbocycles. The molecule has 0 heterocycles. The second kappa shape index (κ2) is 31.2. The number of rotatable bonds is 32. The van der Waals surface area contributed by atoms with Crippen LogP contribution in [0.25, 0.3) is 0 Å². The Morgan fingerprint density at radius 1 is 0.545 bits per heavy atom. The van der Waals surface area contributed by atoms with Gasteiger partial charge in [0.1, 0.15) is 49.3 Å². The molecule has 26 nitrogen and oxygen atoms in total. The van der Waals surface area contributed by atoms with Gasteiger partial charge < -0.3 is 73.3 Å². The van der Waals surface area contributed by atoms with E-state index in [0.717, 1.165) is 63.5 Å². The SMILES string of the molecule is COC(=O)C(CSSCC(NC(=O)CCC(N)C(=O)O)C(=O)NCC(=O)O)NC(=O)c1cccc(C(=O)NC(CSSCC(NC(=O)CCC(N)C(=O)O)C(=O)NCC(=O)O)C(=O)OC)c1. The van der Waals surface area contributed by atoms with Crippen molar-refractivity contribution in [3.05, 3.63) is 35.4 Å².